The third-order valence-corrected chi connectivity index (χ3v) is 3.00. The minimum absolute atomic E-state index is 0.382. The second-order valence-electron chi connectivity index (χ2n) is 4.52. The van der Waals surface area contributed by atoms with Gasteiger partial charge >= 0.3 is 6.18 Å². The Morgan fingerprint density at radius 2 is 2.00 bits per heavy atom. The molecule has 1 aromatic heterocycles. The number of anilines is 1. The van der Waals surface area contributed by atoms with E-state index in [0.29, 0.717) is 12.2 Å². The molecule has 0 saturated heterocycles. The minimum Gasteiger partial charge on any atom is -0.369 e. The summed E-state index contributed by atoms with van der Waals surface area (Å²) in [6.07, 6.45) is -2.88. The molecule has 1 aromatic carbocycles. The van der Waals surface area contributed by atoms with Gasteiger partial charge in [-0.15, -0.1) is 0 Å². The molecule has 2 rings (SSSR count). The molecule has 3 nitrogen and oxygen atoms in total. The lowest BCUT2D eigenvalue weighted by Crippen LogP contribution is -2.18. The maximum atomic E-state index is 12.7. The van der Waals surface area contributed by atoms with E-state index in [2.05, 4.69) is 4.98 Å². The number of rotatable bonds is 3. The van der Waals surface area contributed by atoms with Crippen LogP contribution < -0.4 is 4.90 Å². The number of nitrogens with zero attached hydrogens (tertiary/aromatic N) is 3. The fraction of sp³-hybridized carbons (Fsp3) is 0.200. The zero-order chi connectivity index (χ0) is 15.5. The highest BCUT2D eigenvalue weighted by atomic mass is 19.4. The summed E-state index contributed by atoms with van der Waals surface area (Å²) in [6, 6.07) is 10.6. The highest BCUT2D eigenvalue weighted by Crippen LogP contribution is 2.33. The van der Waals surface area contributed by atoms with E-state index in [4.69, 9.17) is 5.26 Å². The van der Waals surface area contributed by atoms with E-state index in [9.17, 15) is 13.2 Å². The van der Waals surface area contributed by atoms with Gasteiger partial charge in [0.1, 0.15) is 0 Å². The molecule has 0 saturated carbocycles. The third-order valence-electron chi connectivity index (χ3n) is 3.00. The molecule has 0 unspecified atom stereocenters. The normalized spacial score (nSPS) is 11.0. The molecule has 2 aromatic rings. The van der Waals surface area contributed by atoms with E-state index in [0.717, 1.165) is 11.8 Å². The van der Waals surface area contributed by atoms with Gasteiger partial charge in [0.05, 0.1) is 29.4 Å². The van der Waals surface area contributed by atoms with Crippen molar-refractivity contribution in [1.82, 2.24) is 4.98 Å². The summed E-state index contributed by atoms with van der Waals surface area (Å²) in [5, 5.41) is 8.90. The zero-order valence-electron chi connectivity index (χ0n) is 11.2. The lowest BCUT2D eigenvalue weighted by molar-refractivity contribution is -0.137. The average molecular weight is 291 g/mol. The maximum absolute atomic E-state index is 12.7. The lowest BCUT2D eigenvalue weighted by atomic mass is 10.1. The van der Waals surface area contributed by atoms with Gasteiger partial charge in [0.2, 0.25) is 0 Å². The second kappa shape index (κ2) is 5.83. The molecule has 0 amide bonds. The SMILES string of the molecule is CN(Cc1ccccn1)c1ccc(C(F)(F)F)c(C#N)c1. The summed E-state index contributed by atoms with van der Waals surface area (Å²) >= 11 is 0. The summed E-state index contributed by atoms with van der Waals surface area (Å²) in [7, 11) is 1.73. The molecule has 0 aliphatic carbocycles. The van der Waals surface area contributed by atoms with E-state index in [1.54, 1.807) is 30.3 Å². The van der Waals surface area contributed by atoms with Crippen LogP contribution in [0.1, 0.15) is 16.8 Å². The van der Waals surface area contributed by atoms with Crippen LogP contribution in [0, 0.1) is 11.3 Å². The Kier molecular flexibility index (Phi) is 4.13. The smallest absolute Gasteiger partial charge is 0.369 e. The molecular formula is C15H12F3N3. The van der Waals surface area contributed by atoms with E-state index in [1.165, 1.54) is 12.1 Å². The summed E-state index contributed by atoms with van der Waals surface area (Å²) in [5.74, 6) is 0. The molecule has 0 fully saturated rings. The van der Waals surface area contributed by atoms with Gasteiger partial charge < -0.3 is 4.90 Å². The first-order valence-corrected chi connectivity index (χ1v) is 6.14. The molecule has 0 N–H and O–H groups in total. The number of halogens is 3. The van der Waals surface area contributed by atoms with Crippen LogP contribution in [0.25, 0.3) is 0 Å². The van der Waals surface area contributed by atoms with Crippen LogP contribution in [0.3, 0.4) is 0 Å². The van der Waals surface area contributed by atoms with Crippen molar-refractivity contribution in [2.75, 3.05) is 11.9 Å². The second-order valence-corrected chi connectivity index (χ2v) is 4.52. The molecule has 0 aliphatic heterocycles. The average Bonchev–Trinajstić information content (AvgIpc) is 2.46. The Balaban J connectivity index is 2.27. The van der Waals surface area contributed by atoms with E-state index in [1.807, 2.05) is 12.1 Å². The van der Waals surface area contributed by atoms with Crippen molar-refractivity contribution < 1.29 is 13.2 Å². The topological polar surface area (TPSA) is 39.9 Å². The largest absolute Gasteiger partial charge is 0.417 e. The predicted molar refractivity (Wildman–Crippen MR) is 72.5 cm³/mol. The van der Waals surface area contributed by atoms with Gasteiger partial charge in [-0.3, -0.25) is 4.98 Å². The third kappa shape index (κ3) is 3.51. The number of aromatic nitrogens is 1. The van der Waals surface area contributed by atoms with Crippen LogP contribution in [0.5, 0.6) is 0 Å². The summed E-state index contributed by atoms with van der Waals surface area (Å²) < 4.78 is 38.2. The van der Waals surface area contributed by atoms with Gasteiger partial charge in [-0.25, -0.2) is 0 Å². The quantitative estimate of drug-likeness (QED) is 0.867. The van der Waals surface area contributed by atoms with Crippen molar-refractivity contribution in [2.24, 2.45) is 0 Å². The van der Waals surface area contributed by atoms with Crippen molar-refractivity contribution in [1.29, 1.82) is 5.26 Å². The Bertz CT molecular complexity index is 660. The Morgan fingerprint density at radius 3 is 2.57 bits per heavy atom. The molecule has 108 valence electrons. The standard InChI is InChI=1S/C15H12F3N3/c1-21(10-12-4-2-3-7-20-12)13-5-6-14(15(16,17)18)11(8-13)9-19/h2-8H,10H2,1H3. The number of hydrogen-bond acceptors (Lipinski definition) is 3. The minimum atomic E-state index is -4.52. The van der Waals surface area contributed by atoms with Gasteiger partial charge in [-0.1, -0.05) is 6.07 Å². The first-order valence-electron chi connectivity index (χ1n) is 6.14. The number of nitriles is 1. The van der Waals surface area contributed by atoms with Gasteiger partial charge in [-0.05, 0) is 30.3 Å². The molecule has 0 bridgehead atoms. The number of alkyl halides is 3. The fourth-order valence-electron chi connectivity index (χ4n) is 1.94. The van der Waals surface area contributed by atoms with Crippen LogP contribution in [-0.4, -0.2) is 12.0 Å². The lowest BCUT2D eigenvalue weighted by Gasteiger charge is -2.20. The van der Waals surface area contributed by atoms with Crippen molar-refractivity contribution in [2.45, 2.75) is 12.7 Å². The first kappa shape index (κ1) is 14.9. The number of pyridine rings is 1. The van der Waals surface area contributed by atoms with Gasteiger partial charge in [0, 0.05) is 18.9 Å². The molecule has 1 heterocycles. The van der Waals surface area contributed by atoms with E-state index in [-0.39, 0.29) is 5.56 Å². The van der Waals surface area contributed by atoms with E-state index >= 15 is 0 Å². The molecule has 0 radical (unpaired) electrons. The zero-order valence-corrected chi connectivity index (χ0v) is 11.2. The summed E-state index contributed by atoms with van der Waals surface area (Å²) in [4.78, 5) is 5.90. The van der Waals surface area contributed by atoms with Crippen molar-refractivity contribution in [3.63, 3.8) is 0 Å². The Labute approximate surface area is 120 Å². The van der Waals surface area contributed by atoms with Crippen molar-refractivity contribution in [3.05, 3.63) is 59.4 Å². The van der Waals surface area contributed by atoms with Crippen LogP contribution in [0.2, 0.25) is 0 Å². The van der Waals surface area contributed by atoms with Gasteiger partial charge in [0.25, 0.3) is 0 Å². The van der Waals surface area contributed by atoms with Crippen molar-refractivity contribution >= 4 is 5.69 Å². The molecule has 0 aliphatic rings. The van der Waals surface area contributed by atoms with Crippen LogP contribution in [0.4, 0.5) is 18.9 Å². The fourth-order valence-corrected chi connectivity index (χ4v) is 1.94. The van der Waals surface area contributed by atoms with Crippen LogP contribution >= 0.6 is 0 Å². The monoisotopic (exact) mass is 291 g/mol. The van der Waals surface area contributed by atoms with E-state index < -0.39 is 11.7 Å². The van der Waals surface area contributed by atoms with Gasteiger partial charge in [-0.2, -0.15) is 18.4 Å². The molecule has 6 heteroatoms. The summed E-state index contributed by atoms with van der Waals surface area (Å²) in [5.41, 5.74) is 0.0245. The Hall–Kier alpha value is -2.55. The van der Waals surface area contributed by atoms with Crippen molar-refractivity contribution in [3.8, 4) is 6.07 Å². The maximum Gasteiger partial charge on any atom is 0.417 e. The highest BCUT2D eigenvalue weighted by Gasteiger charge is 2.33. The van der Waals surface area contributed by atoms with Crippen LogP contribution in [-0.2, 0) is 12.7 Å². The molecule has 0 atom stereocenters. The number of benzene rings is 1. The highest BCUT2D eigenvalue weighted by molar-refractivity contribution is 5.55. The van der Waals surface area contributed by atoms with Gasteiger partial charge in [0.15, 0.2) is 0 Å². The molecular weight excluding hydrogens is 279 g/mol. The Morgan fingerprint density at radius 1 is 1.24 bits per heavy atom. The summed E-state index contributed by atoms with van der Waals surface area (Å²) in [6.45, 7) is 0.442. The molecule has 21 heavy (non-hydrogen) atoms. The van der Waals surface area contributed by atoms with Crippen LogP contribution in [0.15, 0.2) is 42.6 Å². The predicted octanol–water partition coefficient (Wildman–Crippen LogP) is 3.61. The molecule has 0 spiro atoms. The number of hydrogen-bond donors (Lipinski definition) is 0. The first-order chi connectivity index (χ1) is 9.91.